The average Bonchev–Trinajstić information content (AvgIpc) is 2.32. The number of carbonyl (C=O) groups excluding carboxylic acids is 1. The highest BCUT2D eigenvalue weighted by atomic mass is 16.3. The lowest BCUT2D eigenvalue weighted by Gasteiger charge is -2.10. The molecule has 0 fully saturated rings. The Morgan fingerprint density at radius 1 is 1.12 bits per heavy atom. The molecule has 0 radical (unpaired) electrons. The third-order valence-electron chi connectivity index (χ3n) is 2.40. The maximum absolute atomic E-state index is 11.1. The summed E-state index contributed by atoms with van der Waals surface area (Å²) >= 11 is 0. The first-order valence-electron chi connectivity index (χ1n) is 5.33. The van der Waals surface area contributed by atoms with Gasteiger partial charge in [0.1, 0.15) is 5.75 Å². The summed E-state index contributed by atoms with van der Waals surface area (Å²) in [6, 6.07) is 14.5. The highest BCUT2D eigenvalue weighted by molar-refractivity contribution is 5.94. The Balaban J connectivity index is 2.51. The standard InChI is InChI=1S/C14H13NO2/c1-10(16)15-14-8-7-12(17)9-13(14)11-5-3-2-4-6-11/h2-9,17H,1H3,(H,15,16). The van der Waals surface area contributed by atoms with Crippen molar-refractivity contribution in [1.82, 2.24) is 0 Å². The van der Waals surface area contributed by atoms with Crippen molar-refractivity contribution < 1.29 is 9.90 Å². The molecule has 3 nitrogen and oxygen atoms in total. The van der Waals surface area contributed by atoms with Gasteiger partial charge in [0.2, 0.25) is 5.91 Å². The van der Waals surface area contributed by atoms with E-state index in [1.807, 2.05) is 30.3 Å². The summed E-state index contributed by atoms with van der Waals surface area (Å²) in [5, 5.41) is 12.3. The molecule has 17 heavy (non-hydrogen) atoms. The lowest BCUT2D eigenvalue weighted by atomic mass is 10.0. The van der Waals surface area contributed by atoms with Crippen LogP contribution >= 0.6 is 0 Å². The van der Waals surface area contributed by atoms with Crippen molar-refractivity contribution in [3.05, 3.63) is 48.5 Å². The molecule has 2 aromatic carbocycles. The topological polar surface area (TPSA) is 49.3 Å². The van der Waals surface area contributed by atoms with Gasteiger partial charge in [-0.3, -0.25) is 4.79 Å². The lowest BCUT2D eigenvalue weighted by Crippen LogP contribution is -2.06. The number of carbonyl (C=O) groups is 1. The molecule has 2 rings (SSSR count). The molecule has 0 aromatic heterocycles. The third kappa shape index (κ3) is 2.64. The van der Waals surface area contributed by atoms with Crippen LogP contribution in [0.3, 0.4) is 0 Å². The number of nitrogens with one attached hydrogen (secondary N) is 1. The zero-order valence-electron chi connectivity index (χ0n) is 9.47. The predicted molar refractivity (Wildman–Crippen MR) is 67.8 cm³/mol. The smallest absolute Gasteiger partial charge is 0.221 e. The van der Waals surface area contributed by atoms with E-state index in [1.54, 1.807) is 18.2 Å². The van der Waals surface area contributed by atoms with E-state index < -0.39 is 0 Å². The number of rotatable bonds is 2. The van der Waals surface area contributed by atoms with E-state index in [1.165, 1.54) is 6.92 Å². The number of benzene rings is 2. The van der Waals surface area contributed by atoms with Crippen LogP contribution in [-0.2, 0) is 4.79 Å². The molecule has 0 saturated carbocycles. The third-order valence-corrected chi connectivity index (χ3v) is 2.40. The second-order valence-corrected chi connectivity index (χ2v) is 3.78. The number of aromatic hydroxyl groups is 1. The van der Waals surface area contributed by atoms with Gasteiger partial charge in [-0.1, -0.05) is 30.3 Å². The number of amides is 1. The maximum Gasteiger partial charge on any atom is 0.221 e. The first kappa shape index (κ1) is 11.2. The Morgan fingerprint density at radius 2 is 1.82 bits per heavy atom. The van der Waals surface area contributed by atoms with E-state index in [2.05, 4.69) is 5.32 Å². The van der Waals surface area contributed by atoms with Crippen LogP contribution in [0.2, 0.25) is 0 Å². The molecule has 0 unspecified atom stereocenters. The summed E-state index contributed by atoms with van der Waals surface area (Å²) in [7, 11) is 0. The minimum absolute atomic E-state index is 0.132. The first-order chi connectivity index (χ1) is 8.16. The van der Waals surface area contributed by atoms with E-state index >= 15 is 0 Å². The molecular weight excluding hydrogens is 214 g/mol. The summed E-state index contributed by atoms with van der Waals surface area (Å²) in [6.07, 6.45) is 0. The van der Waals surface area contributed by atoms with Gasteiger partial charge < -0.3 is 10.4 Å². The van der Waals surface area contributed by atoms with Crippen molar-refractivity contribution in [3.63, 3.8) is 0 Å². The van der Waals surface area contributed by atoms with Crippen LogP contribution in [0.5, 0.6) is 5.75 Å². The summed E-state index contributed by atoms with van der Waals surface area (Å²) in [5.41, 5.74) is 2.45. The number of anilines is 1. The summed E-state index contributed by atoms with van der Waals surface area (Å²) < 4.78 is 0. The van der Waals surface area contributed by atoms with Crippen LogP contribution in [-0.4, -0.2) is 11.0 Å². The fourth-order valence-corrected chi connectivity index (χ4v) is 1.69. The van der Waals surface area contributed by atoms with Gasteiger partial charge in [0.25, 0.3) is 0 Å². The molecular formula is C14H13NO2. The molecule has 0 aliphatic carbocycles. The first-order valence-corrected chi connectivity index (χ1v) is 5.33. The molecule has 1 amide bonds. The highest BCUT2D eigenvalue weighted by Crippen LogP contribution is 2.31. The van der Waals surface area contributed by atoms with Crippen LogP contribution in [0, 0.1) is 0 Å². The van der Waals surface area contributed by atoms with Crippen LogP contribution in [0.4, 0.5) is 5.69 Å². The number of phenols is 1. The zero-order valence-corrected chi connectivity index (χ0v) is 9.47. The minimum atomic E-state index is -0.132. The highest BCUT2D eigenvalue weighted by Gasteiger charge is 2.07. The normalized spacial score (nSPS) is 9.94. The van der Waals surface area contributed by atoms with Gasteiger partial charge in [0.15, 0.2) is 0 Å². The average molecular weight is 227 g/mol. The molecule has 3 heteroatoms. The molecule has 0 heterocycles. The van der Waals surface area contributed by atoms with Gasteiger partial charge in [-0.05, 0) is 23.8 Å². The Hall–Kier alpha value is -2.29. The van der Waals surface area contributed by atoms with Crippen LogP contribution in [0.1, 0.15) is 6.92 Å². The van der Waals surface area contributed by atoms with E-state index in [-0.39, 0.29) is 11.7 Å². The van der Waals surface area contributed by atoms with Crippen molar-refractivity contribution in [2.45, 2.75) is 6.92 Å². The number of phenolic OH excluding ortho intramolecular Hbond substituents is 1. The molecule has 0 spiro atoms. The van der Waals surface area contributed by atoms with Crippen molar-refractivity contribution in [1.29, 1.82) is 0 Å². The van der Waals surface area contributed by atoms with E-state index in [9.17, 15) is 9.90 Å². The van der Waals surface area contributed by atoms with E-state index in [0.29, 0.717) is 5.69 Å². The van der Waals surface area contributed by atoms with Gasteiger partial charge in [-0.2, -0.15) is 0 Å². The van der Waals surface area contributed by atoms with Gasteiger partial charge in [0.05, 0.1) is 0 Å². The number of hydrogen-bond donors (Lipinski definition) is 2. The molecule has 86 valence electrons. The van der Waals surface area contributed by atoms with Crippen LogP contribution < -0.4 is 5.32 Å². The van der Waals surface area contributed by atoms with Crippen molar-refractivity contribution in [2.75, 3.05) is 5.32 Å². The maximum atomic E-state index is 11.1. The largest absolute Gasteiger partial charge is 0.508 e. The molecule has 2 aromatic rings. The van der Waals surface area contributed by atoms with Gasteiger partial charge in [0, 0.05) is 18.2 Å². The van der Waals surface area contributed by atoms with Crippen LogP contribution in [0.15, 0.2) is 48.5 Å². The molecule has 0 saturated heterocycles. The fourth-order valence-electron chi connectivity index (χ4n) is 1.69. The Bertz CT molecular complexity index is 535. The summed E-state index contributed by atoms with van der Waals surface area (Å²) in [5.74, 6) is 0.0471. The molecule has 0 aliphatic rings. The Labute approximate surface area is 99.7 Å². The fraction of sp³-hybridized carbons (Fsp3) is 0.0714. The van der Waals surface area contributed by atoms with Crippen LogP contribution in [0.25, 0.3) is 11.1 Å². The van der Waals surface area contributed by atoms with Gasteiger partial charge in [-0.15, -0.1) is 0 Å². The van der Waals surface area contributed by atoms with Crippen molar-refractivity contribution in [3.8, 4) is 16.9 Å². The van der Waals surface area contributed by atoms with Gasteiger partial charge >= 0.3 is 0 Å². The lowest BCUT2D eigenvalue weighted by molar-refractivity contribution is -0.114. The van der Waals surface area contributed by atoms with Crippen molar-refractivity contribution in [2.24, 2.45) is 0 Å². The van der Waals surface area contributed by atoms with Crippen molar-refractivity contribution >= 4 is 11.6 Å². The molecule has 2 N–H and O–H groups in total. The minimum Gasteiger partial charge on any atom is -0.508 e. The molecule has 0 aliphatic heterocycles. The quantitative estimate of drug-likeness (QED) is 0.775. The van der Waals surface area contributed by atoms with Gasteiger partial charge in [-0.25, -0.2) is 0 Å². The Kier molecular flexibility index (Phi) is 3.10. The molecule has 0 bridgehead atoms. The van der Waals surface area contributed by atoms with E-state index in [4.69, 9.17) is 0 Å². The SMILES string of the molecule is CC(=O)Nc1ccc(O)cc1-c1ccccc1. The number of hydrogen-bond acceptors (Lipinski definition) is 2. The van der Waals surface area contributed by atoms with E-state index in [0.717, 1.165) is 11.1 Å². The summed E-state index contributed by atoms with van der Waals surface area (Å²) in [6.45, 7) is 1.46. The second-order valence-electron chi connectivity index (χ2n) is 3.78. The predicted octanol–water partition coefficient (Wildman–Crippen LogP) is 3.02. The summed E-state index contributed by atoms with van der Waals surface area (Å²) in [4.78, 5) is 11.1. The zero-order chi connectivity index (χ0) is 12.3. The Morgan fingerprint density at radius 3 is 2.47 bits per heavy atom. The second kappa shape index (κ2) is 4.70. The molecule has 0 atom stereocenters. The monoisotopic (exact) mass is 227 g/mol.